The molecule has 4 heterocycles. The third kappa shape index (κ3) is 4.55. The van der Waals surface area contributed by atoms with Crippen LogP contribution in [-0.4, -0.2) is 58.1 Å². The molecule has 10 heteroatoms. The fraction of sp³-hybridized carbons (Fsp3) is 0.400. The fourth-order valence-corrected chi connectivity index (χ4v) is 5.51. The van der Waals surface area contributed by atoms with Crippen LogP contribution in [0.3, 0.4) is 0 Å². The van der Waals surface area contributed by atoms with Crippen LogP contribution >= 0.6 is 11.3 Å². The zero-order valence-corrected chi connectivity index (χ0v) is 20.7. The van der Waals surface area contributed by atoms with Gasteiger partial charge in [0.15, 0.2) is 16.7 Å². The summed E-state index contributed by atoms with van der Waals surface area (Å²) in [4.78, 5) is 22.7. The molecule has 6 rings (SSSR count). The van der Waals surface area contributed by atoms with E-state index < -0.39 is 5.82 Å². The van der Waals surface area contributed by atoms with Crippen molar-refractivity contribution in [2.75, 3.05) is 43.4 Å². The van der Waals surface area contributed by atoms with Crippen molar-refractivity contribution < 1.29 is 9.13 Å². The van der Waals surface area contributed by atoms with Crippen LogP contribution in [0.1, 0.15) is 35.8 Å². The summed E-state index contributed by atoms with van der Waals surface area (Å²) >= 11 is 1.66. The number of ether oxygens (including phenoxy) is 1. The molecular formula is C25H28FN7OS. The van der Waals surface area contributed by atoms with E-state index in [1.165, 1.54) is 24.1 Å². The summed E-state index contributed by atoms with van der Waals surface area (Å²) in [6.07, 6.45) is 5.71. The van der Waals surface area contributed by atoms with E-state index in [1.54, 1.807) is 23.5 Å². The monoisotopic (exact) mass is 493 g/mol. The van der Waals surface area contributed by atoms with Crippen LogP contribution in [0, 0.1) is 12.7 Å². The second-order valence-corrected chi connectivity index (χ2v) is 10.5. The lowest BCUT2D eigenvalue weighted by Gasteiger charge is -2.33. The van der Waals surface area contributed by atoms with Gasteiger partial charge in [0.2, 0.25) is 0 Å². The van der Waals surface area contributed by atoms with Crippen molar-refractivity contribution in [3.05, 3.63) is 46.9 Å². The molecule has 3 aromatic heterocycles. The number of hydrogen-bond donors (Lipinski definition) is 2. The predicted octanol–water partition coefficient (Wildman–Crippen LogP) is 5.42. The molecule has 2 aliphatic rings. The fourth-order valence-electron chi connectivity index (χ4n) is 4.52. The Morgan fingerprint density at radius 1 is 1.14 bits per heavy atom. The number of benzene rings is 1. The third-order valence-corrected chi connectivity index (χ3v) is 7.90. The number of aromatic nitrogens is 4. The molecule has 1 aliphatic carbocycles. The van der Waals surface area contributed by atoms with Crippen LogP contribution in [0.25, 0.3) is 10.9 Å². The third-order valence-electron chi connectivity index (χ3n) is 6.82. The second kappa shape index (κ2) is 9.09. The van der Waals surface area contributed by atoms with Crippen LogP contribution < -0.4 is 15.0 Å². The Morgan fingerprint density at radius 2 is 1.97 bits per heavy atom. The van der Waals surface area contributed by atoms with E-state index in [4.69, 9.17) is 4.74 Å². The lowest BCUT2D eigenvalue weighted by molar-refractivity contribution is 0.311. The van der Waals surface area contributed by atoms with E-state index in [9.17, 15) is 0 Å². The molecule has 1 saturated heterocycles. The summed E-state index contributed by atoms with van der Waals surface area (Å²) in [5.41, 5.74) is 1.62. The topological polar surface area (TPSA) is 82.2 Å². The maximum absolute atomic E-state index is 15.2. The van der Waals surface area contributed by atoms with E-state index in [1.807, 2.05) is 25.3 Å². The van der Waals surface area contributed by atoms with Gasteiger partial charge in [0, 0.05) is 59.9 Å². The van der Waals surface area contributed by atoms with Crippen molar-refractivity contribution in [2.24, 2.45) is 0 Å². The number of thiazole rings is 1. The van der Waals surface area contributed by atoms with Crippen molar-refractivity contribution in [1.82, 2.24) is 24.8 Å². The molecule has 4 aromatic rings. The van der Waals surface area contributed by atoms with E-state index in [0.717, 1.165) is 48.3 Å². The zero-order chi connectivity index (χ0) is 23.9. The summed E-state index contributed by atoms with van der Waals surface area (Å²) in [5, 5.41) is 4.60. The Balaban J connectivity index is 1.31. The maximum Gasteiger partial charge on any atom is 0.326 e. The Labute approximate surface area is 207 Å². The van der Waals surface area contributed by atoms with Gasteiger partial charge in [-0.3, -0.25) is 0 Å². The summed E-state index contributed by atoms with van der Waals surface area (Å²) in [6, 6.07) is 7.21. The molecule has 0 unspecified atom stereocenters. The molecule has 0 bridgehead atoms. The van der Waals surface area contributed by atoms with Crippen LogP contribution in [0.5, 0.6) is 11.8 Å². The van der Waals surface area contributed by atoms with Gasteiger partial charge in [-0.15, -0.1) is 11.3 Å². The predicted molar refractivity (Wildman–Crippen MR) is 137 cm³/mol. The highest BCUT2D eigenvalue weighted by atomic mass is 32.1. The first-order chi connectivity index (χ1) is 17.0. The normalized spacial score (nSPS) is 17.1. The number of aryl methyl sites for hydroxylation is 1. The maximum atomic E-state index is 15.2. The number of fused-ring (bicyclic) bond motifs is 1. The first kappa shape index (κ1) is 22.2. The smallest absolute Gasteiger partial charge is 0.326 e. The van der Waals surface area contributed by atoms with Crippen molar-refractivity contribution in [3.63, 3.8) is 0 Å². The van der Waals surface area contributed by atoms with Crippen molar-refractivity contribution >= 4 is 39.0 Å². The molecule has 8 nitrogen and oxygen atoms in total. The van der Waals surface area contributed by atoms with E-state index >= 15 is 4.39 Å². The van der Waals surface area contributed by atoms with Gasteiger partial charge in [0.1, 0.15) is 11.6 Å². The summed E-state index contributed by atoms with van der Waals surface area (Å²) < 4.78 is 21.1. The van der Waals surface area contributed by atoms with Crippen molar-refractivity contribution in [1.29, 1.82) is 0 Å². The largest absolute Gasteiger partial charge is 0.421 e. The van der Waals surface area contributed by atoms with Crippen LogP contribution in [0.4, 0.5) is 21.2 Å². The van der Waals surface area contributed by atoms with E-state index in [2.05, 4.69) is 42.1 Å². The summed E-state index contributed by atoms with van der Waals surface area (Å²) in [5.74, 6) is 1.63. The molecule has 1 aliphatic heterocycles. The zero-order valence-electron chi connectivity index (χ0n) is 19.8. The van der Waals surface area contributed by atoms with Crippen LogP contribution in [0.15, 0.2) is 30.5 Å². The number of H-pyrrole nitrogens is 1. The minimum atomic E-state index is -0.431. The number of aromatic amines is 1. The Morgan fingerprint density at radius 3 is 2.74 bits per heavy atom. The number of likely N-dealkylation sites (N-methyl/N-ethyl adjacent to an activating group) is 1. The highest BCUT2D eigenvalue weighted by molar-refractivity contribution is 7.15. The first-order valence-corrected chi connectivity index (χ1v) is 12.8. The molecule has 0 spiro atoms. The first-order valence-electron chi connectivity index (χ1n) is 12.0. The molecule has 1 aromatic carbocycles. The number of anilines is 3. The van der Waals surface area contributed by atoms with Crippen LogP contribution in [0.2, 0.25) is 0 Å². The summed E-state index contributed by atoms with van der Waals surface area (Å²) in [6.45, 7) is 5.48. The standard InChI is InChI=1S/C25H28FN7OS/c1-15-12-17-18(28-15)6-7-19(23(17)26)34-24-29-21(13-22(31-24)33-10-8-32(2)9-11-33)30-25-27-14-20(35-25)16-4-3-5-16/h6-7,12-14,16,28H,3-5,8-11H2,1-2H3,(H,27,29,30,31). The lowest BCUT2D eigenvalue weighted by atomic mass is 9.85. The number of nitrogens with zero attached hydrogens (tertiary/aromatic N) is 5. The minimum Gasteiger partial charge on any atom is -0.421 e. The van der Waals surface area contributed by atoms with Gasteiger partial charge >= 0.3 is 6.01 Å². The van der Waals surface area contributed by atoms with Gasteiger partial charge in [-0.05, 0) is 50.9 Å². The van der Waals surface area contributed by atoms with Gasteiger partial charge in [-0.25, -0.2) is 9.37 Å². The second-order valence-electron chi connectivity index (χ2n) is 9.40. The SMILES string of the molecule is Cc1cc2c(F)c(Oc3nc(Nc4ncc(C5CCC5)s4)cc(N4CCN(C)CC4)n3)ccc2[nH]1. The molecule has 0 radical (unpaired) electrons. The number of piperazine rings is 1. The number of rotatable bonds is 6. The highest BCUT2D eigenvalue weighted by Crippen LogP contribution is 2.40. The number of nitrogens with one attached hydrogen (secondary N) is 2. The Kier molecular flexibility index (Phi) is 5.77. The number of hydrogen-bond acceptors (Lipinski definition) is 8. The highest BCUT2D eigenvalue weighted by Gasteiger charge is 2.23. The molecule has 2 N–H and O–H groups in total. The van der Waals surface area contributed by atoms with Gasteiger partial charge in [0.25, 0.3) is 0 Å². The molecule has 0 atom stereocenters. The quantitative estimate of drug-likeness (QED) is 0.371. The average molecular weight is 494 g/mol. The van der Waals surface area contributed by atoms with Crippen molar-refractivity contribution in [3.8, 4) is 11.8 Å². The van der Waals surface area contributed by atoms with Gasteiger partial charge < -0.3 is 24.8 Å². The molecule has 182 valence electrons. The molecule has 35 heavy (non-hydrogen) atoms. The molecule has 1 saturated carbocycles. The summed E-state index contributed by atoms with van der Waals surface area (Å²) in [7, 11) is 2.11. The lowest BCUT2D eigenvalue weighted by Crippen LogP contribution is -2.44. The van der Waals surface area contributed by atoms with Crippen LogP contribution in [-0.2, 0) is 0 Å². The minimum absolute atomic E-state index is 0.0968. The van der Waals surface area contributed by atoms with Crippen molar-refractivity contribution in [2.45, 2.75) is 32.1 Å². The Hall–Kier alpha value is -3.24. The molecular weight excluding hydrogens is 465 g/mol. The molecule has 2 fully saturated rings. The average Bonchev–Trinajstić information content (AvgIpc) is 3.41. The van der Waals surface area contributed by atoms with Gasteiger partial charge in [-0.2, -0.15) is 9.97 Å². The van der Waals surface area contributed by atoms with Gasteiger partial charge in [0.05, 0.1) is 0 Å². The van der Waals surface area contributed by atoms with E-state index in [-0.39, 0.29) is 11.8 Å². The molecule has 0 amide bonds. The van der Waals surface area contributed by atoms with E-state index in [0.29, 0.717) is 17.1 Å². The number of halogens is 1. The van der Waals surface area contributed by atoms with Gasteiger partial charge in [-0.1, -0.05) is 6.42 Å². The Bertz CT molecular complexity index is 1360.